The molecule has 6 nitrogen and oxygen atoms in total. The van der Waals surface area contributed by atoms with Gasteiger partial charge in [-0.25, -0.2) is 4.79 Å². The van der Waals surface area contributed by atoms with Gasteiger partial charge in [-0.05, 0) is 37.2 Å². The van der Waals surface area contributed by atoms with E-state index in [0.29, 0.717) is 38.6 Å². The van der Waals surface area contributed by atoms with Crippen LogP contribution in [-0.4, -0.2) is 54.0 Å². The van der Waals surface area contributed by atoms with Gasteiger partial charge in [0.1, 0.15) is 6.61 Å². The Bertz CT molecular complexity index is 606. The number of ether oxygens (including phenoxy) is 1. The van der Waals surface area contributed by atoms with Crippen molar-refractivity contribution in [3.05, 3.63) is 35.9 Å². The summed E-state index contributed by atoms with van der Waals surface area (Å²) in [6.07, 6.45) is 4.02. The van der Waals surface area contributed by atoms with E-state index >= 15 is 0 Å². The number of benzene rings is 1. The lowest BCUT2D eigenvalue weighted by atomic mass is 9.92. The molecule has 7 heteroatoms. The second-order valence-electron chi connectivity index (χ2n) is 7.42. The highest BCUT2D eigenvalue weighted by atomic mass is 35.5. The van der Waals surface area contributed by atoms with Crippen molar-refractivity contribution < 1.29 is 14.3 Å². The summed E-state index contributed by atoms with van der Waals surface area (Å²) in [5.41, 5.74) is 6.95. The number of hydrogen-bond donors (Lipinski definition) is 1. The Morgan fingerprint density at radius 2 is 1.74 bits per heavy atom. The van der Waals surface area contributed by atoms with Gasteiger partial charge in [0.05, 0.1) is 0 Å². The molecule has 2 aliphatic heterocycles. The monoisotopic (exact) mass is 395 g/mol. The van der Waals surface area contributed by atoms with E-state index in [0.717, 1.165) is 37.8 Å². The molecular weight excluding hydrogens is 366 g/mol. The molecule has 0 unspecified atom stereocenters. The first-order chi connectivity index (χ1) is 12.6. The lowest BCUT2D eigenvalue weighted by molar-refractivity contribution is -0.133. The summed E-state index contributed by atoms with van der Waals surface area (Å²) >= 11 is 0. The Kier molecular flexibility index (Phi) is 8.38. The van der Waals surface area contributed by atoms with Crippen LogP contribution in [0.2, 0.25) is 0 Å². The molecule has 1 atom stereocenters. The van der Waals surface area contributed by atoms with Gasteiger partial charge in [0.15, 0.2) is 0 Å². The standard InChI is InChI=1S/C20H29N3O3.ClH/c21-18-7-4-10-23(14-18)19(24)13-16-8-11-22(12-9-16)20(25)26-15-17-5-2-1-3-6-17;/h1-3,5-6,16,18H,4,7-15,21H2;1H/t18-;/m1./s1. The van der Waals surface area contributed by atoms with Gasteiger partial charge < -0.3 is 20.3 Å². The molecule has 2 aliphatic rings. The fraction of sp³-hybridized carbons (Fsp3) is 0.600. The summed E-state index contributed by atoms with van der Waals surface area (Å²) in [6.45, 7) is 3.13. The van der Waals surface area contributed by atoms with Gasteiger partial charge in [-0.15, -0.1) is 12.4 Å². The number of likely N-dealkylation sites (tertiary alicyclic amines) is 2. The maximum absolute atomic E-state index is 12.5. The van der Waals surface area contributed by atoms with Crippen LogP contribution >= 0.6 is 12.4 Å². The van der Waals surface area contributed by atoms with Crippen molar-refractivity contribution in [1.82, 2.24) is 9.80 Å². The van der Waals surface area contributed by atoms with Crippen LogP contribution in [0.3, 0.4) is 0 Å². The fourth-order valence-electron chi connectivity index (χ4n) is 3.74. The van der Waals surface area contributed by atoms with Crippen LogP contribution in [0.5, 0.6) is 0 Å². The molecule has 150 valence electrons. The van der Waals surface area contributed by atoms with E-state index in [2.05, 4.69) is 0 Å². The fourth-order valence-corrected chi connectivity index (χ4v) is 3.74. The largest absolute Gasteiger partial charge is 0.445 e. The molecule has 2 saturated heterocycles. The smallest absolute Gasteiger partial charge is 0.410 e. The first-order valence-corrected chi connectivity index (χ1v) is 9.61. The average Bonchev–Trinajstić information content (AvgIpc) is 2.67. The van der Waals surface area contributed by atoms with Gasteiger partial charge >= 0.3 is 6.09 Å². The minimum absolute atomic E-state index is 0. The number of piperidine rings is 2. The van der Waals surface area contributed by atoms with Crippen LogP contribution in [0.15, 0.2) is 30.3 Å². The number of nitrogens with zero attached hydrogens (tertiary/aromatic N) is 2. The predicted molar refractivity (Wildman–Crippen MR) is 107 cm³/mol. The molecule has 27 heavy (non-hydrogen) atoms. The topological polar surface area (TPSA) is 75.9 Å². The van der Waals surface area contributed by atoms with E-state index < -0.39 is 0 Å². The second kappa shape index (κ2) is 10.5. The van der Waals surface area contributed by atoms with Gasteiger partial charge in [-0.1, -0.05) is 30.3 Å². The molecule has 2 fully saturated rings. The summed E-state index contributed by atoms with van der Waals surface area (Å²) in [7, 11) is 0. The van der Waals surface area contributed by atoms with Crippen LogP contribution in [0.1, 0.15) is 37.7 Å². The number of rotatable bonds is 4. The Labute approximate surface area is 167 Å². The SMILES string of the molecule is Cl.N[C@@H]1CCCN(C(=O)CC2CCN(C(=O)OCc3ccccc3)CC2)C1. The zero-order chi connectivity index (χ0) is 18.4. The van der Waals surface area contributed by atoms with Crippen LogP contribution in [0, 0.1) is 5.92 Å². The van der Waals surface area contributed by atoms with E-state index in [4.69, 9.17) is 10.5 Å². The first kappa shape index (κ1) is 21.5. The molecule has 0 spiro atoms. The van der Waals surface area contributed by atoms with Crippen LogP contribution < -0.4 is 5.73 Å². The molecule has 0 aliphatic carbocycles. The van der Waals surface area contributed by atoms with Crippen LogP contribution in [-0.2, 0) is 16.1 Å². The molecule has 0 aromatic heterocycles. The third kappa shape index (κ3) is 6.40. The predicted octanol–water partition coefficient (Wildman–Crippen LogP) is 2.80. The number of carbonyl (C=O) groups excluding carboxylic acids is 2. The Hall–Kier alpha value is -1.79. The third-order valence-corrected chi connectivity index (χ3v) is 5.35. The van der Waals surface area contributed by atoms with E-state index in [9.17, 15) is 9.59 Å². The third-order valence-electron chi connectivity index (χ3n) is 5.35. The van der Waals surface area contributed by atoms with E-state index in [1.54, 1.807) is 4.90 Å². The highest BCUT2D eigenvalue weighted by Crippen LogP contribution is 2.23. The molecule has 0 bridgehead atoms. The van der Waals surface area contributed by atoms with Gasteiger partial charge in [-0.3, -0.25) is 4.79 Å². The Morgan fingerprint density at radius 1 is 1.04 bits per heavy atom. The molecule has 1 aromatic rings. The summed E-state index contributed by atoms with van der Waals surface area (Å²) in [5.74, 6) is 0.559. The van der Waals surface area contributed by atoms with Gasteiger partial charge in [0, 0.05) is 38.6 Å². The molecule has 0 radical (unpaired) electrons. The molecule has 1 aromatic carbocycles. The van der Waals surface area contributed by atoms with E-state index in [1.807, 2.05) is 35.2 Å². The quantitative estimate of drug-likeness (QED) is 0.850. The first-order valence-electron chi connectivity index (χ1n) is 9.61. The molecular formula is C20H30ClN3O3. The molecule has 3 rings (SSSR count). The Morgan fingerprint density at radius 3 is 2.41 bits per heavy atom. The highest BCUT2D eigenvalue weighted by molar-refractivity contribution is 5.85. The van der Waals surface area contributed by atoms with E-state index in [1.165, 1.54) is 0 Å². The number of carbonyl (C=O) groups is 2. The maximum Gasteiger partial charge on any atom is 0.410 e. The van der Waals surface area contributed by atoms with Crippen LogP contribution in [0.4, 0.5) is 4.79 Å². The summed E-state index contributed by atoms with van der Waals surface area (Å²) in [5, 5.41) is 0. The zero-order valence-electron chi connectivity index (χ0n) is 15.7. The molecule has 0 saturated carbocycles. The number of amides is 2. The van der Waals surface area contributed by atoms with Crippen molar-refractivity contribution in [2.75, 3.05) is 26.2 Å². The lowest BCUT2D eigenvalue weighted by Gasteiger charge is -2.34. The van der Waals surface area contributed by atoms with Gasteiger partial charge in [-0.2, -0.15) is 0 Å². The minimum atomic E-state index is -0.263. The molecule has 2 heterocycles. The minimum Gasteiger partial charge on any atom is -0.445 e. The lowest BCUT2D eigenvalue weighted by Crippen LogP contribution is -2.46. The van der Waals surface area contributed by atoms with Crippen molar-refractivity contribution >= 4 is 24.4 Å². The summed E-state index contributed by atoms with van der Waals surface area (Å²) in [6, 6.07) is 9.81. The summed E-state index contributed by atoms with van der Waals surface area (Å²) < 4.78 is 5.39. The van der Waals surface area contributed by atoms with E-state index in [-0.39, 0.29) is 30.4 Å². The highest BCUT2D eigenvalue weighted by Gasteiger charge is 2.28. The summed E-state index contributed by atoms with van der Waals surface area (Å²) in [4.78, 5) is 28.3. The molecule has 2 N–H and O–H groups in total. The van der Waals surface area contributed by atoms with Gasteiger partial charge in [0.2, 0.25) is 5.91 Å². The number of halogens is 1. The van der Waals surface area contributed by atoms with Crippen molar-refractivity contribution in [3.8, 4) is 0 Å². The Balaban J connectivity index is 0.00000261. The van der Waals surface area contributed by atoms with Crippen molar-refractivity contribution in [3.63, 3.8) is 0 Å². The van der Waals surface area contributed by atoms with Crippen molar-refractivity contribution in [2.45, 2.75) is 44.8 Å². The number of hydrogen-bond acceptors (Lipinski definition) is 4. The maximum atomic E-state index is 12.5. The normalized spacial score (nSPS) is 20.7. The van der Waals surface area contributed by atoms with Crippen LogP contribution in [0.25, 0.3) is 0 Å². The second-order valence-corrected chi connectivity index (χ2v) is 7.42. The van der Waals surface area contributed by atoms with Gasteiger partial charge in [0.25, 0.3) is 0 Å². The zero-order valence-corrected chi connectivity index (χ0v) is 16.5. The van der Waals surface area contributed by atoms with Crippen molar-refractivity contribution in [2.24, 2.45) is 11.7 Å². The number of nitrogens with two attached hydrogens (primary N) is 1. The average molecular weight is 396 g/mol. The van der Waals surface area contributed by atoms with Crippen molar-refractivity contribution in [1.29, 1.82) is 0 Å². The molecule has 2 amide bonds.